The van der Waals surface area contributed by atoms with E-state index in [0.29, 0.717) is 24.0 Å². The number of nitrogens with two attached hydrogens (primary N) is 2. The summed E-state index contributed by atoms with van der Waals surface area (Å²) in [6.07, 6.45) is -2.04. The molecule has 3 aromatic rings. The summed E-state index contributed by atoms with van der Waals surface area (Å²) >= 11 is 0. The molecule has 0 spiro atoms. The third-order valence-electron chi connectivity index (χ3n) is 13.1. The maximum atomic E-state index is 15.3. The molecule has 0 bridgehead atoms. The van der Waals surface area contributed by atoms with Crippen LogP contribution in [0.5, 0.6) is 0 Å². The number of carboxylic acid groups (broad SMARTS) is 1. The molecular weight excluding hydrogens is 959 g/mol. The highest BCUT2D eigenvalue weighted by atomic mass is 16.5. The van der Waals surface area contributed by atoms with Crippen LogP contribution in [-0.2, 0) is 51.3 Å². The summed E-state index contributed by atoms with van der Waals surface area (Å²) in [7, 11) is 0. The van der Waals surface area contributed by atoms with E-state index in [0.717, 1.165) is 15.4 Å². The summed E-state index contributed by atoms with van der Waals surface area (Å²) in [4.78, 5) is 113. The molecule has 18 nitrogen and oxygen atoms in total. The van der Waals surface area contributed by atoms with Crippen molar-refractivity contribution in [2.75, 3.05) is 6.54 Å². The van der Waals surface area contributed by atoms with Crippen LogP contribution in [0.25, 0.3) is 0 Å². The van der Waals surface area contributed by atoms with Crippen molar-refractivity contribution in [2.24, 2.45) is 35.1 Å². The van der Waals surface area contributed by atoms with Gasteiger partial charge in [0, 0.05) is 32.2 Å². The molecule has 3 rings (SSSR count). The predicted octanol–water partition coefficient (Wildman–Crippen LogP) is 6.18. The van der Waals surface area contributed by atoms with Crippen molar-refractivity contribution in [3.8, 4) is 0 Å². The summed E-state index contributed by atoms with van der Waals surface area (Å²) in [6.45, 7) is 14.2. The van der Waals surface area contributed by atoms with Gasteiger partial charge >= 0.3 is 12.1 Å². The van der Waals surface area contributed by atoms with Gasteiger partial charge in [0.25, 0.3) is 11.8 Å². The summed E-state index contributed by atoms with van der Waals surface area (Å²) < 4.78 is 5.31. The van der Waals surface area contributed by atoms with E-state index in [1.165, 1.54) is 0 Å². The first-order chi connectivity index (χ1) is 35.5. The Hall–Kier alpha value is -6.50. The van der Waals surface area contributed by atoms with E-state index < -0.39 is 108 Å². The molecule has 0 heterocycles. The Bertz CT molecular complexity index is 2280. The fraction of sp³-hybridized carbons (Fsp3) is 0.544. The number of aliphatic hydroxyl groups excluding tert-OH is 1. The summed E-state index contributed by atoms with van der Waals surface area (Å²) in [5, 5.41) is 30.6. The molecule has 9 N–H and O–H groups in total. The number of ether oxygens (including phenoxy) is 1. The van der Waals surface area contributed by atoms with Gasteiger partial charge in [0.15, 0.2) is 0 Å². The summed E-state index contributed by atoms with van der Waals surface area (Å²) in [5.41, 5.74) is 14.4. The quantitative estimate of drug-likeness (QED) is 0.0355. The molecule has 0 saturated carbocycles. The van der Waals surface area contributed by atoms with Crippen molar-refractivity contribution in [3.05, 3.63) is 108 Å². The molecule has 3 unspecified atom stereocenters. The summed E-state index contributed by atoms with van der Waals surface area (Å²) in [6, 6.07) is 19.4. The number of nitrogens with one attached hydrogen (secondary N) is 3. The number of alkyl carbamates (subject to hydrolysis) is 1. The van der Waals surface area contributed by atoms with E-state index in [4.69, 9.17) is 16.2 Å². The second-order valence-corrected chi connectivity index (χ2v) is 20.6. The van der Waals surface area contributed by atoms with Crippen molar-refractivity contribution in [3.63, 3.8) is 0 Å². The van der Waals surface area contributed by atoms with Crippen LogP contribution in [-0.4, -0.2) is 110 Å². The highest BCUT2D eigenvalue weighted by Crippen LogP contribution is 2.32. The van der Waals surface area contributed by atoms with Gasteiger partial charge in [-0.15, -0.1) is 0 Å². The molecule has 7 atom stereocenters. The number of hydrogen-bond donors (Lipinski definition) is 7. The van der Waals surface area contributed by atoms with Gasteiger partial charge in [0.05, 0.1) is 30.3 Å². The second kappa shape index (κ2) is 32.1. The Kier molecular flexibility index (Phi) is 26.8. The number of aliphatic hydroxyl groups is 1. The molecule has 7 amide bonds. The maximum absolute atomic E-state index is 15.3. The molecule has 412 valence electrons. The SMILES string of the molecule is CC(C)[C@H](N)C(=O)N[C@H](C(=O)N(C(=O)CCCCCNC(=O)OCc1ccccc1)C(CC(O)C(Cc1ccccc1)N(C(=O)CCCCC(=O)O)C(=O)[C@@H](NC(=O)[C@@H](N)C(C)C)C(C)C)c1ccccc1)C(C)C. The standard InChI is InChI=1S/C57H83N7O11/c1-36(2)49(58)53(70)61-51(38(5)6)55(72)63(46(66)29-19-12-22-32-60-57(74)75-35-41-25-15-10-16-26-41)43(42-27-17-11-18-28-42)34-45(65)44(33-40-23-13-9-14-24-40)64(47(67)30-20-21-31-48(68)69)56(73)52(39(7)8)62-54(71)50(59)37(3)4/h9-11,13-18,23-28,36-39,43-45,49-52,65H,12,19-22,29-35,58-59H2,1-8H3,(H,60,74)(H,61,70)(H,62,71)(H,68,69)/t43?,44?,45?,49-,50-,51-,52-/m0/s1. The van der Waals surface area contributed by atoms with Crippen molar-refractivity contribution in [2.45, 2.75) is 169 Å². The lowest BCUT2D eigenvalue weighted by molar-refractivity contribution is -0.157. The molecule has 3 aromatic carbocycles. The Morgan fingerprint density at radius 2 is 1.00 bits per heavy atom. The van der Waals surface area contributed by atoms with Crippen molar-refractivity contribution in [1.82, 2.24) is 25.8 Å². The highest BCUT2D eigenvalue weighted by molar-refractivity contribution is 6.01. The third-order valence-corrected chi connectivity index (χ3v) is 13.1. The van der Waals surface area contributed by atoms with Crippen LogP contribution in [0.4, 0.5) is 4.79 Å². The van der Waals surface area contributed by atoms with Crippen LogP contribution in [0.1, 0.15) is 136 Å². The molecular formula is C57H83N7O11. The predicted molar refractivity (Wildman–Crippen MR) is 286 cm³/mol. The van der Waals surface area contributed by atoms with E-state index in [1.807, 2.05) is 30.3 Å². The van der Waals surface area contributed by atoms with Crippen LogP contribution in [0.2, 0.25) is 0 Å². The van der Waals surface area contributed by atoms with E-state index in [9.17, 15) is 39.0 Å². The lowest BCUT2D eigenvalue weighted by Crippen LogP contribution is -2.61. The first-order valence-electron chi connectivity index (χ1n) is 26.3. The number of imide groups is 2. The average molecular weight is 1040 g/mol. The highest BCUT2D eigenvalue weighted by Gasteiger charge is 2.44. The van der Waals surface area contributed by atoms with Gasteiger partial charge in [-0.2, -0.15) is 0 Å². The minimum absolute atomic E-state index is 0.0839. The Balaban J connectivity index is 2.16. The number of aliphatic carboxylic acids is 1. The van der Waals surface area contributed by atoms with Crippen LogP contribution in [0.15, 0.2) is 91.0 Å². The zero-order valence-corrected chi connectivity index (χ0v) is 45.1. The number of unbranched alkanes of at least 4 members (excludes halogenated alkanes) is 3. The molecule has 0 fully saturated rings. The maximum Gasteiger partial charge on any atom is 0.407 e. The number of hydrogen-bond acceptors (Lipinski definition) is 12. The fourth-order valence-electron chi connectivity index (χ4n) is 8.40. The number of amides is 7. The number of rotatable bonds is 31. The number of carbonyl (C=O) groups excluding carboxylic acids is 7. The number of carboxylic acids is 1. The van der Waals surface area contributed by atoms with E-state index in [1.54, 1.807) is 116 Å². The van der Waals surface area contributed by atoms with E-state index in [-0.39, 0.29) is 69.9 Å². The molecule has 75 heavy (non-hydrogen) atoms. The van der Waals surface area contributed by atoms with Gasteiger partial charge in [0.1, 0.15) is 18.7 Å². The number of benzene rings is 3. The van der Waals surface area contributed by atoms with Crippen molar-refractivity contribution < 1.29 is 53.3 Å². The van der Waals surface area contributed by atoms with Crippen LogP contribution in [0, 0.1) is 23.7 Å². The molecule has 0 aliphatic heterocycles. The normalized spacial score (nSPS) is 14.2. The summed E-state index contributed by atoms with van der Waals surface area (Å²) in [5.74, 6) is -6.99. The monoisotopic (exact) mass is 1040 g/mol. The lowest BCUT2D eigenvalue weighted by Gasteiger charge is -2.40. The minimum Gasteiger partial charge on any atom is -0.481 e. The zero-order valence-electron chi connectivity index (χ0n) is 45.1. The van der Waals surface area contributed by atoms with Gasteiger partial charge in [-0.1, -0.05) is 153 Å². The van der Waals surface area contributed by atoms with Gasteiger partial charge in [-0.05, 0) is 72.5 Å². The van der Waals surface area contributed by atoms with Gasteiger partial charge in [0.2, 0.25) is 23.6 Å². The number of carbonyl (C=O) groups is 8. The van der Waals surface area contributed by atoms with Crippen molar-refractivity contribution in [1.29, 1.82) is 0 Å². The topological polar surface area (TPSA) is 281 Å². The van der Waals surface area contributed by atoms with Gasteiger partial charge in [-0.25, -0.2) is 4.79 Å². The Labute approximate surface area is 443 Å². The molecule has 0 aliphatic rings. The van der Waals surface area contributed by atoms with E-state index >= 15 is 9.59 Å². The van der Waals surface area contributed by atoms with E-state index in [2.05, 4.69) is 16.0 Å². The van der Waals surface area contributed by atoms with Crippen LogP contribution < -0.4 is 27.4 Å². The smallest absolute Gasteiger partial charge is 0.407 e. The van der Waals surface area contributed by atoms with Gasteiger partial charge in [-0.3, -0.25) is 43.4 Å². The molecule has 0 aliphatic carbocycles. The first kappa shape index (κ1) is 62.8. The largest absolute Gasteiger partial charge is 0.481 e. The lowest BCUT2D eigenvalue weighted by atomic mass is 9.89. The molecule has 18 heteroatoms. The third kappa shape index (κ3) is 20.6. The first-order valence-corrected chi connectivity index (χ1v) is 26.3. The van der Waals surface area contributed by atoms with Gasteiger partial charge < -0.3 is 42.4 Å². The Morgan fingerprint density at radius 3 is 1.48 bits per heavy atom. The molecule has 0 radical (unpaired) electrons. The van der Waals surface area contributed by atoms with Crippen LogP contribution >= 0.6 is 0 Å². The molecule has 0 saturated heterocycles. The Morgan fingerprint density at radius 1 is 0.560 bits per heavy atom. The number of nitrogens with zero attached hydrogens (tertiary/aromatic N) is 2. The van der Waals surface area contributed by atoms with Crippen LogP contribution in [0.3, 0.4) is 0 Å². The second-order valence-electron chi connectivity index (χ2n) is 20.6. The average Bonchev–Trinajstić information content (AvgIpc) is 3.38. The fourth-order valence-corrected chi connectivity index (χ4v) is 8.40. The van der Waals surface area contributed by atoms with Crippen molar-refractivity contribution >= 4 is 47.5 Å². The molecule has 0 aromatic heterocycles. The zero-order chi connectivity index (χ0) is 55.8. The minimum atomic E-state index is -1.67.